The summed E-state index contributed by atoms with van der Waals surface area (Å²) in [6.45, 7) is 3.08. The standard InChI is InChI=1S/C16H23NO3/c1-12(17-10-16(18)7-3-2-4-8-16)13-5-6-14-15(9-13)20-11-19-14/h5-6,9,12,17-18H,2-4,7-8,10-11H2,1H3. The lowest BCUT2D eigenvalue weighted by atomic mass is 9.84. The Morgan fingerprint density at radius 1 is 1.20 bits per heavy atom. The van der Waals surface area contributed by atoms with Crippen molar-refractivity contribution >= 4 is 0 Å². The Hall–Kier alpha value is -1.26. The Kier molecular flexibility index (Phi) is 3.85. The van der Waals surface area contributed by atoms with Crippen molar-refractivity contribution in [2.75, 3.05) is 13.3 Å². The fourth-order valence-electron chi connectivity index (χ4n) is 3.03. The van der Waals surface area contributed by atoms with Gasteiger partial charge in [0.05, 0.1) is 5.60 Å². The first-order valence-corrected chi connectivity index (χ1v) is 7.52. The molecule has 1 atom stereocenters. The second-order valence-corrected chi connectivity index (χ2v) is 6.00. The number of benzene rings is 1. The smallest absolute Gasteiger partial charge is 0.231 e. The summed E-state index contributed by atoms with van der Waals surface area (Å²) in [4.78, 5) is 0. The van der Waals surface area contributed by atoms with E-state index in [0.717, 1.165) is 42.7 Å². The monoisotopic (exact) mass is 277 g/mol. The van der Waals surface area contributed by atoms with Gasteiger partial charge in [0.1, 0.15) is 0 Å². The molecule has 0 amide bonds. The third kappa shape index (κ3) is 2.91. The molecule has 1 saturated carbocycles. The molecule has 4 nitrogen and oxygen atoms in total. The van der Waals surface area contributed by atoms with Crippen LogP contribution < -0.4 is 14.8 Å². The summed E-state index contributed by atoms with van der Waals surface area (Å²) in [6.07, 6.45) is 5.34. The predicted molar refractivity (Wildman–Crippen MR) is 77.0 cm³/mol. The van der Waals surface area contributed by atoms with Crippen molar-refractivity contribution in [1.29, 1.82) is 0 Å². The van der Waals surface area contributed by atoms with Crippen LogP contribution in [0, 0.1) is 0 Å². The Morgan fingerprint density at radius 3 is 2.75 bits per heavy atom. The summed E-state index contributed by atoms with van der Waals surface area (Å²) in [7, 11) is 0. The molecule has 0 aromatic heterocycles. The number of nitrogens with one attached hydrogen (secondary N) is 1. The molecular weight excluding hydrogens is 254 g/mol. The van der Waals surface area contributed by atoms with Crippen LogP contribution in [0.5, 0.6) is 11.5 Å². The van der Waals surface area contributed by atoms with Gasteiger partial charge in [0.25, 0.3) is 0 Å². The Balaban J connectivity index is 1.60. The topological polar surface area (TPSA) is 50.7 Å². The van der Waals surface area contributed by atoms with E-state index in [-0.39, 0.29) is 6.04 Å². The van der Waals surface area contributed by atoms with Crippen LogP contribution in [0.15, 0.2) is 18.2 Å². The second kappa shape index (κ2) is 5.62. The van der Waals surface area contributed by atoms with Crippen LogP contribution in [0.25, 0.3) is 0 Å². The molecule has 4 heteroatoms. The largest absolute Gasteiger partial charge is 0.454 e. The van der Waals surface area contributed by atoms with E-state index in [1.54, 1.807) is 0 Å². The number of ether oxygens (including phenoxy) is 2. The number of hydrogen-bond acceptors (Lipinski definition) is 4. The molecule has 2 N–H and O–H groups in total. The molecule has 0 saturated heterocycles. The van der Waals surface area contributed by atoms with Gasteiger partial charge in [-0.15, -0.1) is 0 Å². The molecule has 1 aromatic carbocycles. The quantitative estimate of drug-likeness (QED) is 0.888. The maximum atomic E-state index is 10.5. The van der Waals surface area contributed by atoms with E-state index in [4.69, 9.17) is 9.47 Å². The number of fused-ring (bicyclic) bond motifs is 1. The van der Waals surface area contributed by atoms with Gasteiger partial charge in [0, 0.05) is 12.6 Å². The zero-order valence-corrected chi connectivity index (χ0v) is 12.0. The minimum absolute atomic E-state index is 0.190. The van der Waals surface area contributed by atoms with Crippen LogP contribution in [0.1, 0.15) is 50.6 Å². The molecule has 1 aliphatic heterocycles. The maximum absolute atomic E-state index is 10.5. The lowest BCUT2D eigenvalue weighted by Crippen LogP contribution is -2.42. The van der Waals surface area contributed by atoms with E-state index in [2.05, 4.69) is 18.3 Å². The second-order valence-electron chi connectivity index (χ2n) is 6.00. The van der Waals surface area contributed by atoms with Crippen molar-refractivity contribution in [3.8, 4) is 11.5 Å². The highest BCUT2D eigenvalue weighted by atomic mass is 16.7. The molecule has 3 rings (SSSR count). The molecule has 0 spiro atoms. The van der Waals surface area contributed by atoms with Crippen molar-refractivity contribution in [3.63, 3.8) is 0 Å². The molecule has 1 fully saturated rings. The summed E-state index contributed by atoms with van der Waals surface area (Å²) in [5.41, 5.74) is 0.636. The molecule has 1 aliphatic carbocycles. The molecule has 1 aromatic rings. The number of hydrogen-bond donors (Lipinski definition) is 2. The van der Waals surface area contributed by atoms with Gasteiger partial charge in [-0.1, -0.05) is 25.3 Å². The Bertz CT molecular complexity index is 469. The highest BCUT2D eigenvalue weighted by molar-refractivity contribution is 5.45. The molecular formula is C16H23NO3. The van der Waals surface area contributed by atoms with E-state index >= 15 is 0 Å². The van der Waals surface area contributed by atoms with Crippen LogP contribution in [0.3, 0.4) is 0 Å². The highest BCUT2D eigenvalue weighted by Crippen LogP contribution is 2.34. The summed E-state index contributed by atoms with van der Waals surface area (Å²) in [5.74, 6) is 1.62. The minimum Gasteiger partial charge on any atom is -0.454 e. The average molecular weight is 277 g/mol. The van der Waals surface area contributed by atoms with E-state index < -0.39 is 5.60 Å². The summed E-state index contributed by atoms with van der Waals surface area (Å²) in [6, 6.07) is 6.21. The first-order chi connectivity index (χ1) is 9.66. The normalized spacial score (nSPS) is 21.7. The molecule has 2 aliphatic rings. The third-order valence-corrected chi connectivity index (χ3v) is 4.42. The van der Waals surface area contributed by atoms with Crippen molar-refractivity contribution in [3.05, 3.63) is 23.8 Å². The zero-order valence-electron chi connectivity index (χ0n) is 12.0. The van der Waals surface area contributed by atoms with Crippen LogP contribution in [0.2, 0.25) is 0 Å². The van der Waals surface area contributed by atoms with Gasteiger partial charge < -0.3 is 19.9 Å². The summed E-state index contributed by atoms with van der Waals surface area (Å²) < 4.78 is 10.7. The first-order valence-electron chi connectivity index (χ1n) is 7.52. The minimum atomic E-state index is -0.525. The molecule has 1 unspecified atom stereocenters. The summed E-state index contributed by atoms with van der Waals surface area (Å²) in [5, 5.41) is 14.0. The lowest BCUT2D eigenvalue weighted by Gasteiger charge is -2.33. The van der Waals surface area contributed by atoms with Gasteiger partial charge in [-0.25, -0.2) is 0 Å². The SMILES string of the molecule is CC(NCC1(O)CCCCC1)c1ccc2c(c1)OCO2. The highest BCUT2D eigenvalue weighted by Gasteiger charge is 2.29. The number of rotatable bonds is 4. The average Bonchev–Trinajstić information content (AvgIpc) is 2.93. The fraction of sp³-hybridized carbons (Fsp3) is 0.625. The van der Waals surface area contributed by atoms with Gasteiger partial charge in [0.15, 0.2) is 11.5 Å². The van der Waals surface area contributed by atoms with Gasteiger partial charge in [-0.2, -0.15) is 0 Å². The maximum Gasteiger partial charge on any atom is 0.231 e. The van der Waals surface area contributed by atoms with Gasteiger partial charge in [-0.3, -0.25) is 0 Å². The Labute approximate surface area is 120 Å². The number of aliphatic hydroxyl groups is 1. The van der Waals surface area contributed by atoms with Crippen molar-refractivity contribution < 1.29 is 14.6 Å². The van der Waals surface area contributed by atoms with Crippen molar-refractivity contribution in [2.45, 2.75) is 50.7 Å². The molecule has 110 valence electrons. The molecule has 0 bridgehead atoms. The van der Waals surface area contributed by atoms with E-state index in [1.807, 2.05) is 12.1 Å². The summed E-state index contributed by atoms with van der Waals surface area (Å²) >= 11 is 0. The van der Waals surface area contributed by atoms with E-state index in [1.165, 1.54) is 6.42 Å². The molecule has 1 heterocycles. The molecule has 20 heavy (non-hydrogen) atoms. The lowest BCUT2D eigenvalue weighted by molar-refractivity contribution is 0.00300. The fourth-order valence-corrected chi connectivity index (χ4v) is 3.03. The van der Waals surface area contributed by atoms with Gasteiger partial charge in [-0.05, 0) is 37.5 Å². The first kappa shape index (κ1) is 13.7. The van der Waals surface area contributed by atoms with Gasteiger partial charge in [0.2, 0.25) is 6.79 Å². The van der Waals surface area contributed by atoms with Crippen LogP contribution in [-0.2, 0) is 0 Å². The van der Waals surface area contributed by atoms with E-state index in [0.29, 0.717) is 13.3 Å². The van der Waals surface area contributed by atoms with Crippen LogP contribution >= 0.6 is 0 Å². The van der Waals surface area contributed by atoms with Crippen LogP contribution in [0.4, 0.5) is 0 Å². The third-order valence-electron chi connectivity index (χ3n) is 4.42. The van der Waals surface area contributed by atoms with Crippen LogP contribution in [-0.4, -0.2) is 24.0 Å². The Morgan fingerprint density at radius 2 is 1.95 bits per heavy atom. The zero-order chi connectivity index (χ0) is 14.0. The van der Waals surface area contributed by atoms with Crippen molar-refractivity contribution in [1.82, 2.24) is 5.32 Å². The van der Waals surface area contributed by atoms with Crippen molar-refractivity contribution in [2.24, 2.45) is 0 Å². The predicted octanol–water partition coefficient (Wildman–Crippen LogP) is 2.76. The van der Waals surface area contributed by atoms with Gasteiger partial charge >= 0.3 is 0 Å². The van der Waals surface area contributed by atoms with E-state index in [9.17, 15) is 5.11 Å². The molecule has 0 radical (unpaired) electrons.